The predicted octanol–water partition coefficient (Wildman–Crippen LogP) is 3.97. The van der Waals surface area contributed by atoms with Crippen LogP contribution in [0.4, 0.5) is 23.2 Å². The number of rotatable bonds is 6. The molecule has 2 amide bonds. The standard InChI is InChI=1S/C25H20F4N2O3/c1-25(13-32)20-5-3-15(23(33)30-11-16-2-4-17(26)10-21(16)29)8-22(20)31(24(25)34)12-14-6-18(27)9-19(28)7-14/h2-10,32H,11-13H2,1H3,(H,30,33). The van der Waals surface area contributed by atoms with Crippen molar-refractivity contribution in [1.82, 2.24) is 5.32 Å². The van der Waals surface area contributed by atoms with Crippen LogP contribution < -0.4 is 10.2 Å². The van der Waals surface area contributed by atoms with Crippen molar-refractivity contribution >= 4 is 17.5 Å². The predicted molar refractivity (Wildman–Crippen MR) is 116 cm³/mol. The highest BCUT2D eigenvalue weighted by atomic mass is 19.1. The third-order valence-electron chi connectivity index (χ3n) is 5.90. The average molecular weight is 472 g/mol. The Kier molecular flexibility index (Phi) is 6.14. The SMILES string of the molecule is CC1(CO)C(=O)N(Cc2cc(F)cc(F)c2)c2cc(C(=O)NCc3ccc(F)cc3F)ccc21. The highest BCUT2D eigenvalue weighted by molar-refractivity contribution is 6.09. The molecule has 1 heterocycles. The monoisotopic (exact) mass is 472 g/mol. The summed E-state index contributed by atoms with van der Waals surface area (Å²) in [4.78, 5) is 27.1. The minimum Gasteiger partial charge on any atom is -0.395 e. The maximum absolute atomic E-state index is 13.9. The van der Waals surface area contributed by atoms with Gasteiger partial charge in [-0.05, 0) is 48.4 Å². The Bertz CT molecular complexity index is 1280. The molecule has 0 saturated heterocycles. The van der Waals surface area contributed by atoms with Gasteiger partial charge in [0.05, 0.1) is 18.6 Å². The van der Waals surface area contributed by atoms with E-state index in [-0.39, 0.29) is 29.8 Å². The molecule has 3 aromatic rings. The van der Waals surface area contributed by atoms with E-state index >= 15 is 0 Å². The summed E-state index contributed by atoms with van der Waals surface area (Å²) in [6.45, 7) is 0.656. The van der Waals surface area contributed by atoms with Crippen molar-refractivity contribution in [2.75, 3.05) is 11.5 Å². The summed E-state index contributed by atoms with van der Waals surface area (Å²) < 4.78 is 54.3. The van der Waals surface area contributed by atoms with Gasteiger partial charge < -0.3 is 15.3 Å². The van der Waals surface area contributed by atoms with Crippen molar-refractivity contribution in [3.8, 4) is 0 Å². The molecule has 5 nitrogen and oxygen atoms in total. The van der Waals surface area contributed by atoms with Crippen LogP contribution in [-0.2, 0) is 23.3 Å². The highest BCUT2D eigenvalue weighted by Gasteiger charge is 2.47. The summed E-state index contributed by atoms with van der Waals surface area (Å²) in [7, 11) is 0. The lowest BCUT2D eigenvalue weighted by atomic mass is 9.84. The topological polar surface area (TPSA) is 69.6 Å². The number of benzene rings is 3. The Labute approximate surface area is 192 Å². The largest absolute Gasteiger partial charge is 0.395 e. The van der Waals surface area contributed by atoms with Gasteiger partial charge in [0.15, 0.2) is 0 Å². The van der Waals surface area contributed by atoms with Gasteiger partial charge in [-0.1, -0.05) is 12.1 Å². The molecule has 0 aromatic heterocycles. The van der Waals surface area contributed by atoms with Crippen molar-refractivity contribution in [1.29, 1.82) is 0 Å². The molecular weight excluding hydrogens is 452 g/mol. The van der Waals surface area contributed by atoms with Crippen molar-refractivity contribution < 1.29 is 32.3 Å². The molecule has 0 fully saturated rings. The average Bonchev–Trinajstić information content (AvgIpc) is 2.99. The second kappa shape index (κ2) is 8.90. The number of hydrogen-bond acceptors (Lipinski definition) is 3. The summed E-state index contributed by atoms with van der Waals surface area (Å²) in [6, 6.07) is 10.3. The Balaban J connectivity index is 1.63. The summed E-state index contributed by atoms with van der Waals surface area (Å²) in [5.41, 5.74) is -0.0983. The van der Waals surface area contributed by atoms with E-state index in [4.69, 9.17) is 0 Å². The van der Waals surface area contributed by atoms with Crippen molar-refractivity contribution in [3.63, 3.8) is 0 Å². The maximum Gasteiger partial charge on any atom is 0.251 e. The number of nitrogens with one attached hydrogen (secondary N) is 1. The Morgan fingerprint density at radius 2 is 1.68 bits per heavy atom. The van der Waals surface area contributed by atoms with Gasteiger partial charge in [-0.25, -0.2) is 17.6 Å². The third-order valence-corrected chi connectivity index (χ3v) is 5.90. The number of carbonyl (C=O) groups is 2. The number of hydrogen-bond donors (Lipinski definition) is 2. The second-order valence-electron chi connectivity index (χ2n) is 8.31. The van der Waals surface area contributed by atoms with E-state index in [9.17, 15) is 32.3 Å². The molecule has 1 atom stereocenters. The van der Waals surface area contributed by atoms with Crippen LogP contribution in [0.5, 0.6) is 0 Å². The Morgan fingerprint density at radius 3 is 2.32 bits per heavy atom. The second-order valence-corrected chi connectivity index (χ2v) is 8.31. The molecule has 176 valence electrons. The molecule has 2 N–H and O–H groups in total. The number of aliphatic hydroxyl groups is 1. The van der Waals surface area contributed by atoms with Crippen LogP contribution in [0, 0.1) is 23.3 Å². The van der Waals surface area contributed by atoms with Crippen LogP contribution >= 0.6 is 0 Å². The number of anilines is 1. The number of halogens is 4. The van der Waals surface area contributed by atoms with Gasteiger partial charge in [0.2, 0.25) is 5.91 Å². The molecule has 0 saturated carbocycles. The van der Waals surface area contributed by atoms with Crippen molar-refractivity contribution in [2.45, 2.75) is 25.4 Å². The first-order valence-electron chi connectivity index (χ1n) is 10.4. The van der Waals surface area contributed by atoms with Gasteiger partial charge in [-0.2, -0.15) is 0 Å². The Hall–Kier alpha value is -3.72. The molecule has 0 radical (unpaired) electrons. The van der Waals surface area contributed by atoms with Crippen molar-refractivity contribution in [2.24, 2.45) is 0 Å². The molecule has 1 unspecified atom stereocenters. The van der Waals surface area contributed by atoms with Crippen LogP contribution in [0.25, 0.3) is 0 Å². The number of carbonyl (C=O) groups excluding carboxylic acids is 2. The summed E-state index contributed by atoms with van der Waals surface area (Å²) >= 11 is 0. The molecule has 1 aliphatic heterocycles. The molecular formula is C25H20F4N2O3. The maximum atomic E-state index is 13.9. The van der Waals surface area contributed by atoms with Crippen molar-refractivity contribution in [3.05, 3.63) is 100 Å². The molecule has 1 aliphatic rings. The van der Waals surface area contributed by atoms with E-state index in [0.29, 0.717) is 23.4 Å². The lowest BCUT2D eigenvalue weighted by molar-refractivity contribution is -0.124. The van der Waals surface area contributed by atoms with E-state index in [1.54, 1.807) is 0 Å². The van der Waals surface area contributed by atoms with Crippen LogP contribution in [0.1, 0.15) is 34.0 Å². The summed E-state index contributed by atoms with van der Waals surface area (Å²) in [5, 5.41) is 12.5. The van der Waals surface area contributed by atoms with Gasteiger partial charge >= 0.3 is 0 Å². The van der Waals surface area contributed by atoms with E-state index in [1.807, 2.05) is 0 Å². The Morgan fingerprint density at radius 1 is 0.971 bits per heavy atom. The van der Waals surface area contributed by atoms with E-state index in [1.165, 1.54) is 36.1 Å². The zero-order valence-corrected chi connectivity index (χ0v) is 18.0. The summed E-state index contributed by atoms with van der Waals surface area (Å²) in [5.74, 6) is -4.19. The third kappa shape index (κ3) is 4.26. The molecule has 3 aromatic carbocycles. The quantitative estimate of drug-likeness (QED) is 0.534. The van der Waals surface area contributed by atoms with Crippen LogP contribution in [0.2, 0.25) is 0 Å². The fourth-order valence-corrected chi connectivity index (χ4v) is 4.02. The van der Waals surface area contributed by atoms with E-state index in [0.717, 1.165) is 18.2 Å². The minimum atomic E-state index is -1.30. The molecule has 4 rings (SSSR count). The number of fused-ring (bicyclic) bond motifs is 1. The van der Waals surface area contributed by atoms with Gasteiger partial charge in [0.1, 0.15) is 23.3 Å². The zero-order valence-electron chi connectivity index (χ0n) is 18.0. The zero-order chi connectivity index (χ0) is 24.6. The van der Waals surface area contributed by atoms with Gasteiger partial charge in [-0.3, -0.25) is 9.59 Å². The first-order valence-corrected chi connectivity index (χ1v) is 10.4. The lowest BCUT2D eigenvalue weighted by Gasteiger charge is -2.22. The normalized spacial score (nSPS) is 17.1. The van der Waals surface area contributed by atoms with Crippen LogP contribution in [0.15, 0.2) is 54.6 Å². The minimum absolute atomic E-state index is 0.0914. The molecule has 0 spiro atoms. The van der Waals surface area contributed by atoms with Crippen LogP contribution in [0.3, 0.4) is 0 Å². The molecule has 34 heavy (non-hydrogen) atoms. The number of nitrogens with zero attached hydrogens (tertiary/aromatic N) is 1. The van der Waals surface area contributed by atoms with E-state index in [2.05, 4.69) is 5.32 Å². The fourth-order valence-electron chi connectivity index (χ4n) is 4.02. The molecule has 0 bridgehead atoms. The molecule has 9 heteroatoms. The smallest absolute Gasteiger partial charge is 0.251 e. The van der Waals surface area contributed by atoms with Crippen LogP contribution in [-0.4, -0.2) is 23.5 Å². The number of amides is 2. The highest BCUT2D eigenvalue weighted by Crippen LogP contribution is 2.43. The van der Waals surface area contributed by atoms with Gasteiger partial charge in [-0.15, -0.1) is 0 Å². The van der Waals surface area contributed by atoms with E-state index < -0.39 is 47.1 Å². The first kappa shape index (κ1) is 23.4. The first-order chi connectivity index (χ1) is 16.1. The van der Waals surface area contributed by atoms with Gasteiger partial charge in [0.25, 0.3) is 5.91 Å². The lowest BCUT2D eigenvalue weighted by Crippen LogP contribution is -2.40. The fraction of sp³-hybridized carbons (Fsp3) is 0.200. The van der Waals surface area contributed by atoms with Gasteiger partial charge in [0, 0.05) is 35.5 Å². The summed E-state index contributed by atoms with van der Waals surface area (Å²) in [6.07, 6.45) is 0. The number of aliphatic hydroxyl groups excluding tert-OH is 1. The molecule has 0 aliphatic carbocycles.